The zero-order valence-electron chi connectivity index (χ0n) is 7.52. The molecule has 1 amide bonds. The molecule has 70 valence electrons. The van der Waals surface area contributed by atoms with Gasteiger partial charge in [0.25, 0.3) is 0 Å². The third-order valence-corrected chi connectivity index (χ3v) is 1.65. The molecule has 0 fully saturated rings. The first-order chi connectivity index (χ1) is 6.00. The van der Waals surface area contributed by atoms with Crippen LogP contribution < -0.4 is 11.1 Å². The van der Waals surface area contributed by atoms with Crippen molar-refractivity contribution in [1.29, 1.82) is 0 Å². The number of nitrogens with two attached hydrogens (primary N) is 1. The molecule has 0 atom stereocenters. The van der Waals surface area contributed by atoms with E-state index < -0.39 is 5.82 Å². The number of carbonyl (C=O) groups is 1. The second-order valence-corrected chi connectivity index (χ2v) is 2.87. The number of aryl methyl sites for hydroxylation is 1. The molecule has 1 aromatic carbocycles. The molecular formula is C9H11FN2O. The van der Waals surface area contributed by atoms with Crippen LogP contribution in [0.15, 0.2) is 12.1 Å². The van der Waals surface area contributed by atoms with Crippen LogP contribution in [-0.4, -0.2) is 5.91 Å². The lowest BCUT2D eigenvalue weighted by Crippen LogP contribution is -2.08. The third kappa shape index (κ3) is 2.18. The molecule has 0 aliphatic heterocycles. The normalized spacial score (nSPS) is 9.77. The zero-order chi connectivity index (χ0) is 10.0. The van der Waals surface area contributed by atoms with Gasteiger partial charge < -0.3 is 11.1 Å². The average Bonchev–Trinajstić information content (AvgIpc) is 1.99. The molecule has 0 bridgehead atoms. The van der Waals surface area contributed by atoms with Gasteiger partial charge in [-0.1, -0.05) is 0 Å². The van der Waals surface area contributed by atoms with Crippen LogP contribution in [0.25, 0.3) is 0 Å². The molecule has 13 heavy (non-hydrogen) atoms. The first kappa shape index (κ1) is 9.51. The van der Waals surface area contributed by atoms with E-state index in [9.17, 15) is 9.18 Å². The van der Waals surface area contributed by atoms with Crippen LogP contribution in [0.1, 0.15) is 12.5 Å². The number of hydrogen-bond acceptors (Lipinski definition) is 2. The van der Waals surface area contributed by atoms with E-state index >= 15 is 0 Å². The molecule has 0 unspecified atom stereocenters. The van der Waals surface area contributed by atoms with E-state index in [0.717, 1.165) is 0 Å². The van der Waals surface area contributed by atoms with Crippen LogP contribution in [0, 0.1) is 12.7 Å². The monoisotopic (exact) mass is 182 g/mol. The van der Waals surface area contributed by atoms with Gasteiger partial charge in [-0.05, 0) is 24.6 Å². The maximum absolute atomic E-state index is 12.9. The Morgan fingerprint density at radius 3 is 2.69 bits per heavy atom. The summed E-state index contributed by atoms with van der Waals surface area (Å²) in [6.07, 6.45) is 0. The van der Waals surface area contributed by atoms with Crippen LogP contribution in [-0.2, 0) is 4.79 Å². The number of benzene rings is 1. The average molecular weight is 182 g/mol. The summed E-state index contributed by atoms with van der Waals surface area (Å²) in [5.74, 6) is -0.666. The lowest BCUT2D eigenvalue weighted by molar-refractivity contribution is -0.114. The second-order valence-electron chi connectivity index (χ2n) is 2.87. The van der Waals surface area contributed by atoms with Gasteiger partial charge in [0.15, 0.2) is 0 Å². The molecule has 0 heterocycles. The minimum atomic E-state index is -0.466. The standard InChI is InChI=1S/C9H11FN2O/c1-5-3-7(10)8(11)4-9(5)12-6(2)13/h3-4H,11H2,1-2H3,(H,12,13). The number of carbonyl (C=O) groups excluding carboxylic acids is 1. The van der Waals surface area contributed by atoms with E-state index in [1.165, 1.54) is 19.1 Å². The quantitative estimate of drug-likeness (QED) is 0.649. The molecule has 0 saturated carbocycles. The number of hydrogen-bond donors (Lipinski definition) is 2. The number of halogens is 1. The lowest BCUT2D eigenvalue weighted by Gasteiger charge is -2.07. The van der Waals surface area contributed by atoms with Crippen LogP contribution >= 0.6 is 0 Å². The highest BCUT2D eigenvalue weighted by Crippen LogP contribution is 2.21. The summed E-state index contributed by atoms with van der Waals surface area (Å²) < 4.78 is 12.9. The fourth-order valence-corrected chi connectivity index (χ4v) is 1.01. The van der Waals surface area contributed by atoms with Crippen molar-refractivity contribution in [3.05, 3.63) is 23.5 Å². The first-order valence-electron chi connectivity index (χ1n) is 3.84. The fraction of sp³-hybridized carbons (Fsp3) is 0.222. The Kier molecular flexibility index (Phi) is 2.51. The van der Waals surface area contributed by atoms with Gasteiger partial charge in [-0.25, -0.2) is 4.39 Å². The van der Waals surface area contributed by atoms with Crippen LogP contribution in [0.3, 0.4) is 0 Å². The molecular weight excluding hydrogens is 171 g/mol. The summed E-state index contributed by atoms with van der Waals surface area (Å²) in [4.78, 5) is 10.7. The highest BCUT2D eigenvalue weighted by atomic mass is 19.1. The van der Waals surface area contributed by atoms with Gasteiger partial charge in [-0.15, -0.1) is 0 Å². The molecule has 1 rings (SSSR count). The van der Waals surface area contributed by atoms with Gasteiger partial charge in [-0.2, -0.15) is 0 Å². The van der Waals surface area contributed by atoms with Gasteiger partial charge in [0.2, 0.25) is 5.91 Å². The number of nitrogens with one attached hydrogen (secondary N) is 1. The second kappa shape index (κ2) is 3.43. The van der Waals surface area contributed by atoms with Crippen LogP contribution in [0.2, 0.25) is 0 Å². The number of rotatable bonds is 1. The minimum absolute atomic E-state index is 0.0364. The van der Waals surface area contributed by atoms with Crippen LogP contribution in [0.5, 0.6) is 0 Å². The number of amides is 1. The summed E-state index contributed by atoms with van der Waals surface area (Å²) in [6, 6.07) is 2.70. The summed E-state index contributed by atoms with van der Waals surface area (Å²) in [5, 5.41) is 2.56. The topological polar surface area (TPSA) is 55.1 Å². The Hall–Kier alpha value is -1.58. The van der Waals surface area contributed by atoms with Crippen molar-refractivity contribution < 1.29 is 9.18 Å². The molecule has 3 nitrogen and oxygen atoms in total. The summed E-state index contributed by atoms with van der Waals surface area (Å²) in [5.41, 5.74) is 6.58. The molecule has 0 aliphatic carbocycles. The van der Waals surface area contributed by atoms with E-state index in [1.54, 1.807) is 6.92 Å². The molecule has 0 saturated heterocycles. The van der Waals surface area contributed by atoms with E-state index in [1.807, 2.05) is 0 Å². The van der Waals surface area contributed by atoms with Crippen molar-refractivity contribution in [2.24, 2.45) is 0 Å². The molecule has 0 radical (unpaired) electrons. The predicted octanol–water partition coefficient (Wildman–Crippen LogP) is 1.67. The van der Waals surface area contributed by atoms with Crippen molar-refractivity contribution in [2.45, 2.75) is 13.8 Å². The van der Waals surface area contributed by atoms with Gasteiger partial charge in [0.05, 0.1) is 5.69 Å². The number of nitrogen functional groups attached to an aromatic ring is 1. The van der Waals surface area contributed by atoms with Gasteiger partial charge in [-0.3, -0.25) is 4.79 Å². The first-order valence-corrected chi connectivity index (χ1v) is 3.84. The third-order valence-electron chi connectivity index (χ3n) is 1.65. The maximum atomic E-state index is 12.9. The van der Waals surface area contributed by atoms with Crippen molar-refractivity contribution >= 4 is 17.3 Å². The highest BCUT2D eigenvalue weighted by Gasteiger charge is 2.05. The van der Waals surface area contributed by atoms with Crippen LogP contribution in [0.4, 0.5) is 15.8 Å². The van der Waals surface area contributed by atoms with Gasteiger partial charge in [0, 0.05) is 12.6 Å². The Balaban J connectivity index is 3.08. The Morgan fingerprint density at radius 1 is 1.54 bits per heavy atom. The van der Waals surface area contributed by atoms with Crippen molar-refractivity contribution in [3.8, 4) is 0 Å². The number of anilines is 2. The van der Waals surface area contributed by atoms with Gasteiger partial charge in [0.1, 0.15) is 5.82 Å². The minimum Gasteiger partial charge on any atom is -0.396 e. The molecule has 3 N–H and O–H groups in total. The van der Waals surface area contributed by atoms with Crippen molar-refractivity contribution in [2.75, 3.05) is 11.1 Å². The molecule has 1 aromatic rings. The Labute approximate surface area is 75.7 Å². The van der Waals surface area contributed by atoms with E-state index in [4.69, 9.17) is 5.73 Å². The smallest absolute Gasteiger partial charge is 0.221 e. The lowest BCUT2D eigenvalue weighted by atomic mass is 10.1. The Bertz CT molecular complexity index is 350. The highest BCUT2D eigenvalue weighted by molar-refractivity contribution is 5.90. The van der Waals surface area contributed by atoms with E-state index in [2.05, 4.69) is 5.32 Å². The largest absolute Gasteiger partial charge is 0.396 e. The van der Waals surface area contributed by atoms with Gasteiger partial charge >= 0.3 is 0 Å². The SMILES string of the molecule is CC(=O)Nc1cc(N)c(F)cc1C. The molecule has 4 heteroatoms. The maximum Gasteiger partial charge on any atom is 0.221 e. The van der Waals surface area contributed by atoms with Crippen molar-refractivity contribution in [1.82, 2.24) is 0 Å². The molecule has 0 spiro atoms. The fourth-order valence-electron chi connectivity index (χ4n) is 1.01. The van der Waals surface area contributed by atoms with E-state index in [0.29, 0.717) is 11.3 Å². The summed E-state index contributed by atoms with van der Waals surface area (Å²) in [7, 11) is 0. The summed E-state index contributed by atoms with van der Waals surface area (Å²) in [6.45, 7) is 3.09. The molecule has 0 aliphatic rings. The van der Waals surface area contributed by atoms with Crippen molar-refractivity contribution in [3.63, 3.8) is 0 Å². The summed E-state index contributed by atoms with van der Waals surface area (Å²) >= 11 is 0. The zero-order valence-corrected chi connectivity index (χ0v) is 7.52. The molecule has 0 aromatic heterocycles. The van der Waals surface area contributed by atoms with E-state index in [-0.39, 0.29) is 11.6 Å². The Morgan fingerprint density at radius 2 is 2.15 bits per heavy atom. The predicted molar refractivity (Wildman–Crippen MR) is 49.9 cm³/mol.